The monoisotopic (exact) mass is 332 g/mol. The van der Waals surface area contributed by atoms with Gasteiger partial charge in [-0.2, -0.15) is 0 Å². The average Bonchev–Trinajstić information content (AvgIpc) is 3.11. The zero-order valence-electron chi connectivity index (χ0n) is 14.8. The number of carbonyl (C=O) groups excluding carboxylic acids is 1. The van der Waals surface area contributed by atoms with Crippen LogP contribution in [0.2, 0.25) is 0 Å². The molecule has 4 fully saturated rings. The van der Waals surface area contributed by atoms with Gasteiger partial charge in [-0.05, 0) is 68.1 Å². The second-order valence-corrected chi connectivity index (χ2v) is 9.70. The third kappa shape index (κ3) is 1.56. The van der Waals surface area contributed by atoms with Gasteiger partial charge in [0.05, 0.1) is 5.60 Å². The third-order valence-corrected chi connectivity index (χ3v) is 8.87. The Morgan fingerprint density at radius 3 is 2.62 bits per heavy atom. The van der Waals surface area contributed by atoms with Crippen LogP contribution >= 0.6 is 0 Å². The van der Waals surface area contributed by atoms with E-state index in [9.17, 15) is 15.0 Å². The van der Waals surface area contributed by atoms with E-state index in [1.54, 1.807) is 6.92 Å². The van der Waals surface area contributed by atoms with E-state index in [-0.39, 0.29) is 23.4 Å². The van der Waals surface area contributed by atoms with Gasteiger partial charge in [-0.15, -0.1) is 0 Å². The number of rotatable bonds is 0. The maximum atomic E-state index is 12.0. The number of aliphatic hydroxyl groups excluding tert-OH is 1. The van der Waals surface area contributed by atoms with Crippen molar-refractivity contribution in [2.45, 2.75) is 77.1 Å². The fourth-order valence-electron chi connectivity index (χ4n) is 7.42. The first-order chi connectivity index (χ1) is 11.2. The molecule has 0 amide bonds. The van der Waals surface area contributed by atoms with Gasteiger partial charge in [0.1, 0.15) is 12.2 Å². The summed E-state index contributed by atoms with van der Waals surface area (Å²) >= 11 is 0. The number of hydrogen-bond acceptors (Lipinski definition) is 4. The average molecular weight is 332 g/mol. The summed E-state index contributed by atoms with van der Waals surface area (Å²) < 4.78 is 5.54. The molecular weight excluding hydrogens is 304 g/mol. The van der Waals surface area contributed by atoms with Gasteiger partial charge in [0.2, 0.25) is 0 Å². The van der Waals surface area contributed by atoms with Gasteiger partial charge in [0.15, 0.2) is 0 Å². The number of ether oxygens (including phenoxy) is 1. The fraction of sp³-hybridized carbons (Fsp3) is 0.850. The smallest absolute Gasteiger partial charge is 0.334 e. The largest absolute Gasteiger partial charge is 0.454 e. The predicted molar refractivity (Wildman–Crippen MR) is 87.9 cm³/mol. The Kier molecular flexibility index (Phi) is 2.74. The minimum Gasteiger partial charge on any atom is -0.454 e. The summed E-state index contributed by atoms with van der Waals surface area (Å²) in [6.45, 7) is 6.47. The van der Waals surface area contributed by atoms with Crippen molar-refractivity contribution in [1.82, 2.24) is 0 Å². The molecule has 0 bridgehead atoms. The maximum absolute atomic E-state index is 12.0. The van der Waals surface area contributed by atoms with E-state index >= 15 is 0 Å². The minimum atomic E-state index is -1.11. The van der Waals surface area contributed by atoms with Crippen molar-refractivity contribution in [1.29, 1.82) is 0 Å². The van der Waals surface area contributed by atoms with E-state index in [0.29, 0.717) is 35.3 Å². The Morgan fingerprint density at radius 2 is 1.88 bits per heavy atom. The van der Waals surface area contributed by atoms with Gasteiger partial charge >= 0.3 is 5.97 Å². The quantitative estimate of drug-likeness (QED) is 0.669. The molecule has 4 saturated carbocycles. The summed E-state index contributed by atoms with van der Waals surface area (Å²) in [5, 5.41) is 22.6. The van der Waals surface area contributed by atoms with Crippen molar-refractivity contribution in [2.24, 2.45) is 28.6 Å². The summed E-state index contributed by atoms with van der Waals surface area (Å²) in [7, 11) is 0. The molecule has 0 radical (unpaired) electrons. The molecule has 4 heteroatoms. The molecule has 1 aliphatic heterocycles. The van der Waals surface area contributed by atoms with Crippen molar-refractivity contribution in [3.8, 4) is 0 Å². The molecule has 4 aliphatic carbocycles. The summed E-state index contributed by atoms with van der Waals surface area (Å²) in [5.41, 5.74) is 0.503. The van der Waals surface area contributed by atoms with Crippen LogP contribution in [0.5, 0.6) is 0 Å². The molecular formula is C20H28O4. The SMILES string of the molecule is CC1=C2C(CC3[C@]4(C)CC[C@@H]5C[C@]5(C)C4CC[C@]3(O)[C@H]2O)OC1=O. The lowest BCUT2D eigenvalue weighted by molar-refractivity contribution is -0.219. The van der Waals surface area contributed by atoms with Crippen LogP contribution in [0.3, 0.4) is 0 Å². The van der Waals surface area contributed by atoms with E-state index in [0.717, 1.165) is 18.8 Å². The van der Waals surface area contributed by atoms with E-state index in [1.807, 2.05) is 0 Å². The maximum Gasteiger partial charge on any atom is 0.334 e. The molecule has 1 heterocycles. The number of esters is 1. The van der Waals surface area contributed by atoms with Crippen LogP contribution < -0.4 is 0 Å². The Morgan fingerprint density at radius 1 is 1.12 bits per heavy atom. The molecule has 0 aromatic heterocycles. The molecule has 8 atom stereocenters. The van der Waals surface area contributed by atoms with Crippen molar-refractivity contribution in [3.63, 3.8) is 0 Å². The normalized spacial score (nSPS) is 58.4. The van der Waals surface area contributed by atoms with Gasteiger partial charge in [0.25, 0.3) is 0 Å². The predicted octanol–water partition coefficient (Wildman–Crippen LogP) is 2.58. The van der Waals surface area contributed by atoms with Crippen LogP contribution in [0, 0.1) is 28.6 Å². The van der Waals surface area contributed by atoms with Crippen molar-refractivity contribution < 1.29 is 19.7 Å². The van der Waals surface area contributed by atoms with E-state index < -0.39 is 11.7 Å². The molecule has 5 rings (SSSR count). The van der Waals surface area contributed by atoms with Crippen LogP contribution in [0.1, 0.15) is 59.3 Å². The van der Waals surface area contributed by atoms with E-state index in [2.05, 4.69) is 13.8 Å². The number of aliphatic hydroxyl groups is 2. The van der Waals surface area contributed by atoms with Crippen LogP contribution in [-0.2, 0) is 9.53 Å². The number of carbonyl (C=O) groups is 1. The molecule has 4 nitrogen and oxygen atoms in total. The Balaban J connectivity index is 1.58. The first-order valence-corrected chi connectivity index (χ1v) is 9.54. The Labute approximate surface area is 143 Å². The lowest BCUT2D eigenvalue weighted by Gasteiger charge is -2.62. The second kappa shape index (κ2) is 4.27. The number of hydrogen-bond donors (Lipinski definition) is 2. The second-order valence-electron chi connectivity index (χ2n) is 9.70. The molecule has 0 aromatic rings. The van der Waals surface area contributed by atoms with Crippen LogP contribution in [0.25, 0.3) is 0 Å². The molecule has 132 valence electrons. The van der Waals surface area contributed by atoms with Crippen LogP contribution in [-0.4, -0.2) is 34.0 Å². The van der Waals surface area contributed by atoms with Crippen molar-refractivity contribution in [2.75, 3.05) is 0 Å². The summed E-state index contributed by atoms with van der Waals surface area (Å²) in [5.74, 6) is 1.16. The first kappa shape index (κ1) is 15.4. The highest BCUT2D eigenvalue weighted by Gasteiger charge is 2.71. The fourth-order valence-corrected chi connectivity index (χ4v) is 7.42. The van der Waals surface area contributed by atoms with E-state index in [1.165, 1.54) is 12.8 Å². The third-order valence-electron chi connectivity index (χ3n) is 8.87. The Bertz CT molecular complexity index is 669. The summed E-state index contributed by atoms with van der Waals surface area (Å²) in [4.78, 5) is 12.0. The van der Waals surface area contributed by atoms with Gasteiger partial charge < -0.3 is 14.9 Å². The molecule has 24 heavy (non-hydrogen) atoms. The summed E-state index contributed by atoms with van der Waals surface area (Å²) in [6.07, 6.45) is 4.67. The number of fused-ring (bicyclic) bond motifs is 6. The first-order valence-electron chi connectivity index (χ1n) is 9.54. The van der Waals surface area contributed by atoms with Crippen LogP contribution in [0.4, 0.5) is 0 Å². The highest BCUT2D eigenvalue weighted by Crippen LogP contribution is 2.74. The standard InChI is InChI=1S/C20H28O4/c1-10-15-12(24-17(10)22)8-14-18(2)6-4-11-9-19(11,3)13(18)5-7-20(14,23)16(15)21/h11-14,16,21,23H,4-9H2,1-3H3/t11-,12?,13?,14?,16+,18-,19+,20-/m1/s1. The molecule has 0 spiro atoms. The summed E-state index contributed by atoms with van der Waals surface area (Å²) in [6, 6.07) is 0. The van der Waals surface area contributed by atoms with Gasteiger partial charge in [-0.25, -0.2) is 4.79 Å². The van der Waals surface area contributed by atoms with Gasteiger partial charge in [0, 0.05) is 17.1 Å². The zero-order chi connectivity index (χ0) is 17.1. The molecule has 0 aromatic carbocycles. The lowest BCUT2D eigenvalue weighted by Crippen LogP contribution is -2.65. The topological polar surface area (TPSA) is 66.8 Å². The van der Waals surface area contributed by atoms with Crippen molar-refractivity contribution >= 4 is 5.97 Å². The Hall–Kier alpha value is -0.870. The van der Waals surface area contributed by atoms with Crippen LogP contribution in [0.15, 0.2) is 11.1 Å². The molecule has 0 saturated heterocycles. The minimum absolute atomic E-state index is 0.00424. The van der Waals surface area contributed by atoms with E-state index in [4.69, 9.17) is 4.74 Å². The molecule has 3 unspecified atom stereocenters. The van der Waals surface area contributed by atoms with Gasteiger partial charge in [-0.3, -0.25) is 0 Å². The highest BCUT2D eigenvalue weighted by molar-refractivity contribution is 5.92. The lowest BCUT2D eigenvalue weighted by atomic mass is 9.45. The molecule has 2 N–H and O–H groups in total. The van der Waals surface area contributed by atoms with Gasteiger partial charge in [-0.1, -0.05) is 13.8 Å². The molecule has 5 aliphatic rings. The van der Waals surface area contributed by atoms with Crippen molar-refractivity contribution in [3.05, 3.63) is 11.1 Å². The highest BCUT2D eigenvalue weighted by atomic mass is 16.5. The zero-order valence-corrected chi connectivity index (χ0v) is 14.8.